The van der Waals surface area contributed by atoms with Crippen molar-refractivity contribution in [2.75, 3.05) is 13.1 Å². The molecule has 3 heteroatoms. The zero-order valence-electron chi connectivity index (χ0n) is 8.76. The van der Waals surface area contributed by atoms with Crippen LogP contribution in [0, 0.1) is 11.6 Å². The monoisotopic (exact) mass is 211 g/mol. The third-order valence-corrected chi connectivity index (χ3v) is 1.93. The van der Waals surface area contributed by atoms with Crippen molar-refractivity contribution in [3.05, 3.63) is 41.5 Å². The Balaban J connectivity index is 2.49. The van der Waals surface area contributed by atoms with Crippen molar-refractivity contribution in [3.63, 3.8) is 0 Å². The van der Waals surface area contributed by atoms with Gasteiger partial charge in [0.25, 0.3) is 0 Å². The standard InChI is InChI=1S/C12H15F2N/c1-2-15-6-4-3-5-10-7-11(13)9-12(14)8-10/h3,5,7-9,15H,2,4,6H2,1H3. The van der Waals surface area contributed by atoms with Gasteiger partial charge in [-0.1, -0.05) is 19.1 Å². The van der Waals surface area contributed by atoms with E-state index in [0.29, 0.717) is 5.56 Å². The highest BCUT2D eigenvalue weighted by Gasteiger charge is 1.96. The van der Waals surface area contributed by atoms with Crippen LogP contribution in [0.3, 0.4) is 0 Å². The van der Waals surface area contributed by atoms with Gasteiger partial charge in [0.1, 0.15) is 11.6 Å². The Morgan fingerprint density at radius 2 is 1.87 bits per heavy atom. The maximum atomic E-state index is 12.8. The van der Waals surface area contributed by atoms with E-state index in [9.17, 15) is 8.78 Å². The van der Waals surface area contributed by atoms with Crippen LogP contribution in [0.15, 0.2) is 24.3 Å². The molecule has 1 nitrogen and oxygen atoms in total. The van der Waals surface area contributed by atoms with Gasteiger partial charge < -0.3 is 5.32 Å². The molecule has 15 heavy (non-hydrogen) atoms. The largest absolute Gasteiger partial charge is 0.317 e. The summed E-state index contributed by atoms with van der Waals surface area (Å²) in [5.41, 5.74) is 0.559. The number of hydrogen-bond donors (Lipinski definition) is 1. The summed E-state index contributed by atoms with van der Waals surface area (Å²) in [7, 11) is 0. The fourth-order valence-corrected chi connectivity index (χ4v) is 1.25. The maximum absolute atomic E-state index is 12.8. The number of nitrogens with one attached hydrogen (secondary N) is 1. The normalized spacial score (nSPS) is 11.1. The third-order valence-electron chi connectivity index (χ3n) is 1.93. The van der Waals surface area contributed by atoms with Crippen LogP contribution in [0.1, 0.15) is 18.9 Å². The molecule has 1 rings (SSSR count). The SMILES string of the molecule is CCNCCC=Cc1cc(F)cc(F)c1. The first kappa shape index (κ1) is 11.9. The molecule has 0 fully saturated rings. The predicted molar refractivity (Wildman–Crippen MR) is 58.6 cm³/mol. The molecule has 0 radical (unpaired) electrons. The molecule has 0 aromatic heterocycles. The zero-order chi connectivity index (χ0) is 11.1. The van der Waals surface area contributed by atoms with Crippen molar-refractivity contribution in [3.8, 4) is 0 Å². The fraction of sp³-hybridized carbons (Fsp3) is 0.333. The lowest BCUT2D eigenvalue weighted by molar-refractivity contribution is 0.583. The van der Waals surface area contributed by atoms with Crippen LogP contribution in [0.4, 0.5) is 8.78 Å². The first-order chi connectivity index (χ1) is 7.22. The van der Waals surface area contributed by atoms with Gasteiger partial charge >= 0.3 is 0 Å². The molecule has 0 spiro atoms. The Morgan fingerprint density at radius 3 is 2.47 bits per heavy atom. The van der Waals surface area contributed by atoms with Gasteiger partial charge in [0.15, 0.2) is 0 Å². The van der Waals surface area contributed by atoms with Crippen molar-refractivity contribution in [1.29, 1.82) is 0 Å². The maximum Gasteiger partial charge on any atom is 0.126 e. The zero-order valence-corrected chi connectivity index (χ0v) is 8.76. The molecule has 82 valence electrons. The van der Waals surface area contributed by atoms with Gasteiger partial charge in [-0.05, 0) is 37.2 Å². The Hall–Kier alpha value is -1.22. The van der Waals surface area contributed by atoms with E-state index in [1.807, 2.05) is 13.0 Å². The van der Waals surface area contributed by atoms with Gasteiger partial charge in [0.2, 0.25) is 0 Å². The number of halogens is 2. The lowest BCUT2D eigenvalue weighted by Crippen LogP contribution is -2.12. The van der Waals surface area contributed by atoms with Crippen LogP contribution >= 0.6 is 0 Å². The number of benzene rings is 1. The molecular weight excluding hydrogens is 196 g/mol. The molecule has 0 aliphatic carbocycles. The third kappa shape index (κ3) is 4.70. The second-order valence-corrected chi connectivity index (χ2v) is 3.25. The second kappa shape index (κ2) is 6.30. The van der Waals surface area contributed by atoms with Crippen LogP contribution in [0.5, 0.6) is 0 Å². The summed E-state index contributed by atoms with van der Waals surface area (Å²) in [5.74, 6) is -1.08. The van der Waals surface area contributed by atoms with E-state index in [2.05, 4.69) is 5.32 Å². The molecule has 1 aromatic carbocycles. The molecule has 0 saturated heterocycles. The van der Waals surface area contributed by atoms with Crippen LogP contribution < -0.4 is 5.32 Å². The summed E-state index contributed by atoms with van der Waals surface area (Å²) in [6, 6.07) is 3.50. The van der Waals surface area contributed by atoms with E-state index < -0.39 is 11.6 Å². The summed E-state index contributed by atoms with van der Waals surface area (Å²) in [5, 5.41) is 3.16. The highest BCUT2D eigenvalue weighted by Crippen LogP contribution is 2.09. The molecular formula is C12H15F2N. The van der Waals surface area contributed by atoms with Gasteiger partial charge in [-0.3, -0.25) is 0 Å². The van der Waals surface area contributed by atoms with Crippen molar-refractivity contribution in [1.82, 2.24) is 5.32 Å². The molecule has 0 aliphatic rings. The Bertz CT molecular complexity index is 314. The molecule has 0 saturated carbocycles. The van der Waals surface area contributed by atoms with Crippen molar-refractivity contribution in [2.24, 2.45) is 0 Å². The van der Waals surface area contributed by atoms with E-state index in [1.165, 1.54) is 12.1 Å². The van der Waals surface area contributed by atoms with Crippen LogP contribution in [0.2, 0.25) is 0 Å². The minimum Gasteiger partial charge on any atom is -0.317 e. The lowest BCUT2D eigenvalue weighted by Gasteiger charge is -1.97. The van der Waals surface area contributed by atoms with Gasteiger partial charge in [-0.2, -0.15) is 0 Å². The van der Waals surface area contributed by atoms with Crippen LogP contribution in [-0.4, -0.2) is 13.1 Å². The van der Waals surface area contributed by atoms with Crippen LogP contribution in [0.25, 0.3) is 6.08 Å². The fourth-order valence-electron chi connectivity index (χ4n) is 1.25. The molecule has 0 amide bonds. The Labute approximate surface area is 88.8 Å². The van der Waals surface area contributed by atoms with Gasteiger partial charge in [0.05, 0.1) is 0 Å². The van der Waals surface area contributed by atoms with Gasteiger partial charge in [0, 0.05) is 6.07 Å². The Morgan fingerprint density at radius 1 is 1.20 bits per heavy atom. The van der Waals surface area contributed by atoms with Crippen molar-refractivity contribution < 1.29 is 8.78 Å². The summed E-state index contributed by atoms with van der Waals surface area (Å²) in [4.78, 5) is 0. The van der Waals surface area contributed by atoms with E-state index in [4.69, 9.17) is 0 Å². The number of hydrogen-bond acceptors (Lipinski definition) is 1. The molecule has 1 aromatic rings. The summed E-state index contributed by atoms with van der Waals surface area (Å²) >= 11 is 0. The van der Waals surface area contributed by atoms with E-state index >= 15 is 0 Å². The van der Waals surface area contributed by atoms with E-state index in [-0.39, 0.29) is 0 Å². The first-order valence-electron chi connectivity index (χ1n) is 5.05. The smallest absolute Gasteiger partial charge is 0.126 e. The molecule has 1 N–H and O–H groups in total. The topological polar surface area (TPSA) is 12.0 Å². The van der Waals surface area contributed by atoms with E-state index in [1.54, 1.807) is 6.08 Å². The number of rotatable bonds is 5. The van der Waals surface area contributed by atoms with Crippen LogP contribution in [-0.2, 0) is 0 Å². The Kier molecular flexibility index (Phi) is 4.98. The molecule has 0 bridgehead atoms. The highest BCUT2D eigenvalue weighted by molar-refractivity contribution is 5.49. The molecule has 0 atom stereocenters. The van der Waals surface area contributed by atoms with Gasteiger partial charge in [-0.15, -0.1) is 0 Å². The molecule has 0 aliphatic heterocycles. The molecule has 0 heterocycles. The average Bonchev–Trinajstić information content (AvgIpc) is 2.16. The predicted octanol–water partition coefficient (Wildman–Crippen LogP) is 2.98. The summed E-state index contributed by atoms with van der Waals surface area (Å²) < 4.78 is 25.5. The summed E-state index contributed by atoms with van der Waals surface area (Å²) in [6.07, 6.45) is 4.48. The average molecular weight is 211 g/mol. The minimum absolute atomic E-state index is 0.540. The highest BCUT2D eigenvalue weighted by atomic mass is 19.1. The molecule has 0 unspecified atom stereocenters. The van der Waals surface area contributed by atoms with E-state index in [0.717, 1.165) is 25.6 Å². The van der Waals surface area contributed by atoms with Crippen molar-refractivity contribution >= 4 is 6.08 Å². The quantitative estimate of drug-likeness (QED) is 0.738. The second-order valence-electron chi connectivity index (χ2n) is 3.25. The summed E-state index contributed by atoms with van der Waals surface area (Å²) in [6.45, 7) is 3.85. The first-order valence-corrected chi connectivity index (χ1v) is 5.05. The minimum atomic E-state index is -0.540. The van der Waals surface area contributed by atoms with Gasteiger partial charge in [-0.25, -0.2) is 8.78 Å². The lowest BCUT2D eigenvalue weighted by atomic mass is 10.2. The van der Waals surface area contributed by atoms with Crippen molar-refractivity contribution in [2.45, 2.75) is 13.3 Å².